The van der Waals surface area contributed by atoms with Gasteiger partial charge in [0.05, 0.1) is 18.1 Å². The van der Waals surface area contributed by atoms with Gasteiger partial charge in [-0.3, -0.25) is 19.7 Å². The predicted octanol–water partition coefficient (Wildman–Crippen LogP) is 1.73. The Bertz CT molecular complexity index is 979. The Labute approximate surface area is 155 Å². The van der Waals surface area contributed by atoms with Crippen LogP contribution in [0.4, 0.5) is 5.69 Å². The van der Waals surface area contributed by atoms with Gasteiger partial charge in [-0.25, -0.2) is 13.5 Å². The average Bonchev–Trinajstić information content (AvgIpc) is 3.44. The fourth-order valence-electron chi connectivity index (χ4n) is 2.95. The minimum Gasteiger partial charge on any atom is -0.275 e. The van der Waals surface area contributed by atoms with Gasteiger partial charge in [0, 0.05) is 13.1 Å². The SMILES string of the molecule is CON(C)C(=O)[C@@H]1[C@H](c2ccccc2)N1S(=O)(=O)c1ccccc1[N+](=O)[O-]. The van der Waals surface area contributed by atoms with Crippen LogP contribution in [0.1, 0.15) is 11.6 Å². The van der Waals surface area contributed by atoms with Gasteiger partial charge in [-0.05, 0) is 11.6 Å². The van der Waals surface area contributed by atoms with Crippen molar-refractivity contribution in [2.45, 2.75) is 17.0 Å². The molecule has 1 heterocycles. The van der Waals surface area contributed by atoms with Gasteiger partial charge in [0.25, 0.3) is 21.6 Å². The smallest absolute Gasteiger partial charge is 0.275 e. The topological polar surface area (TPSA) is 110 Å². The number of carbonyl (C=O) groups excluding carboxylic acids is 1. The van der Waals surface area contributed by atoms with Gasteiger partial charge in [0.15, 0.2) is 4.90 Å². The minimum atomic E-state index is -4.29. The molecule has 0 saturated carbocycles. The number of carbonyl (C=O) groups is 1. The molecule has 10 heteroatoms. The number of benzene rings is 2. The first-order chi connectivity index (χ1) is 12.8. The number of hydroxylamine groups is 2. The van der Waals surface area contributed by atoms with Crippen LogP contribution < -0.4 is 0 Å². The maximum Gasteiger partial charge on any atom is 0.289 e. The second-order valence-electron chi connectivity index (χ2n) is 5.88. The van der Waals surface area contributed by atoms with E-state index < -0.39 is 43.5 Å². The predicted molar refractivity (Wildman–Crippen MR) is 94.9 cm³/mol. The van der Waals surface area contributed by atoms with Crippen molar-refractivity contribution in [1.29, 1.82) is 0 Å². The third-order valence-corrected chi connectivity index (χ3v) is 6.26. The molecule has 0 N–H and O–H groups in total. The molecule has 1 unspecified atom stereocenters. The molecule has 27 heavy (non-hydrogen) atoms. The van der Waals surface area contributed by atoms with Gasteiger partial charge in [0.1, 0.15) is 6.04 Å². The van der Waals surface area contributed by atoms with E-state index in [1.165, 1.54) is 26.3 Å². The summed E-state index contributed by atoms with van der Waals surface area (Å²) in [5.41, 5.74) is 0.0741. The molecular formula is C17H17N3O6S. The standard InChI is InChI=1S/C17H17N3O6S/c1-18(26-2)17(21)16-15(12-8-4-3-5-9-12)19(16)27(24,25)14-11-7-6-10-13(14)20(22)23/h3-11,15-16H,1-2H3/t15-,16-,19?/m0/s1. The number of hydrogen-bond donors (Lipinski definition) is 0. The Hall–Kier alpha value is -2.82. The van der Waals surface area contributed by atoms with Crippen LogP contribution in [0.3, 0.4) is 0 Å². The van der Waals surface area contributed by atoms with Crippen molar-refractivity contribution in [3.8, 4) is 0 Å². The number of rotatable bonds is 6. The van der Waals surface area contributed by atoms with E-state index in [2.05, 4.69) is 0 Å². The van der Waals surface area contributed by atoms with Gasteiger partial charge in [0.2, 0.25) is 0 Å². The second-order valence-corrected chi connectivity index (χ2v) is 7.69. The summed E-state index contributed by atoms with van der Waals surface area (Å²) in [5.74, 6) is -0.562. The number of sulfonamides is 1. The van der Waals surface area contributed by atoms with Crippen LogP contribution in [0.2, 0.25) is 0 Å². The molecule has 0 bridgehead atoms. The molecule has 1 fully saturated rings. The molecule has 3 atom stereocenters. The van der Waals surface area contributed by atoms with Gasteiger partial charge >= 0.3 is 0 Å². The maximum absolute atomic E-state index is 13.1. The highest BCUT2D eigenvalue weighted by Crippen LogP contribution is 2.49. The first kappa shape index (κ1) is 19.0. The van der Waals surface area contributed by atoms with E-state index in [0.29, 0.717) is 5.56 Å². The van der Waals surface area contributed by atoms with E-state index in [4.69, 9.17) is 4.84 Å². The lowest BCUT2D eigenvalue weighted by Gasteiger charge is -2.13. The lowest BCUT2D eigenvalue weighted by Crippen LogP contribution is -2.32. The van der Waals surface area contributed by atoms with Crippen LogP contribution >= 0.6 is 0 Å². The van der Waals surface area contributed by atoms with E-state index in [9.17, 15) is 23.3 Å². The summed E-state index contributed by atoms with van der Waals surface area (Å²) < 4.78 is 27.3. The zero-order chi connectivity index (χ0) is 19.8. The molecule has 1 amide bonds. The number of para-hydroxylation sites is 1. The first-order valence-corrected chi connectivity index (χ1v) is 9.38. The van der Waals surface area contributed by atoms with Crippen LogP contribution in [0, 0.1) is 10.1 Å². The summed E-state index contributed by atoms with van der Waals surface area (Å²) in [4.78, 5) is 27.5. The summed E-state index contributed by atoms with van der Waals surface area (Å²) in [6, 6.07) is 11.9. The third-order valence-electron chi connectivity index (χ3n) is 4.35. The molecule has 9 nitrogen and oxygen atoms in total. The largest absolute Gasteiger partial charge is 0.289 e. The van der Waals surface area contributed by atoms with Gasteiger partial charge < -0.3 is 0 Å². The molecule has 0 aliphatic carbocycles. The van der Waals surface area contributed by atoms with E-state index in [0.717, 1.165) is 21.5 Å². The Morgan fingerprint density at radius 2 is 1.74 bits per heavy atom. The minimum absolute atomic E-state index is 0.452. The van der Waals surface area contributed by atoms with E-state index in [1.807, 2.05) is 0 Å². The molecule has 0 radical (unpaired) electrons. The van der Waals surface area contributed by atoms with Crippen molar-refractivity contribution in [3.63, 3.8) is 0 Å². The first-order valence-electron chi connectivity index (χ1n) is 7.94. The molecule has 1 aliphatic heterocycles. The van der Waals surface area contributed by atoms with Gasteiger partial charge in [-0.2, -0.15) is 4.31 Å². The van der Waals surface area contributed by atoms with Gasteiger partial charge in [-0.1, -0.05) is 42.5 Å². The molecule has 1 aliphatic rings. The number of likely N-dealkylation sites (N-methyl/N-ethyl adjacent to an activating group) is 1. The van der Waals surface area contributed by atoms with Crippen molar-refractivity contribution >= 4 is 21.6 Å². The van der Waals surface area contributed by atoms with Crippen molar-refractivity contribution in [2.24, 2.45) is 0 Å². The lowest BCUT2D eigenvalue weighted by atomic mass is 10.1. The van der Waals surface area contributed by atoms with Crippen LogP contribution in [0.25, 0.3) is 0 Å². The number of hydrogen-bond acceptors (Lipinski definition) is 6. The number of nitro groups is 1. The van der Waals surface area contributed by atoms with E-state index in [-0.39, 0.29) is 0 Å². The summed E-state index contributed by atoms with van der Waals surface area (Å²) in [6.07, 6.45) is 0. The zero-order valence-corrected chi connectivity index (χ0v) is 15.4. The van der Waals surface area contributed by atoms with Crippen LogP contribution in [0.5, 0.6) is 0 Å². The van der Waals surface area contributed by atoms with Crippen molar-refractivity contribution in [2.75, 3.05) is 14.2 Å². The highest BCUT2D eigenvalue weighted by atomic mass is 32.2. The summed E-state index contributed by atoms with van der Waals surface area (Å²) in [5, 5.41) is 12.2. The van der Waals surface area contributed by atoms with Crippen molar-refractivity contribution in [1.82, 2.24) is 9.37 Å². The summed E-state index contributed by atoms with van der Waals surface area (Å²) in [7, 11) is -1.62. The Kier molecular flexibility index (Phi) is 4.96. The molecular weight excluding hydrogens is 374 g/mol. The van der Waals surface area contributed by atoms with E-state index >= 15 is 0 Å². The summed E-state index contributed by atoms with van der Waals surface area (Å²) >= 11 is 0. The van der Waals surface area contributed by atoms with Crippen molar-refractivity contribution in [3.05, 3.63) is 70.3 Å². The number of nitrogens with zero attached hydrogens (tertiary/aromatic N) is 3. The van der Waals surface area contributed by atoms with Crippen molar-refractivity contribution < 1.29 is 23.0 Å². The van der Waals surface area contributed by atoms with Crippen LogP contribution in [-0.2, 0) is 19.7 Å². The highest BCUT2D eigenvalue weighted by Gasteiger charge is 2.62. The fraction of sp³-hybridized carbons (Fsp3) is 0.235. The Morgan fingerprint density at radius 1 is 1.15 bits per heavy atom. The zero-order valence-electron chi connectivity index (χ0n) is 14.6. The quantitative estimate of drug-likeness (QED) is 0.421. The second kappa shape index (κ2) is 7.06. The van der Waals surface area contributed by atoms with Crippen LogP contribution in [0.15, 0.2) is 59.5 Å². The normalized spacial score (nSPS) is 21.5. The highest BCUT2D eigenvalue weighted by molar-refractivity contribution is 7.89. The van der Waals surface area contributed by atoms with E-state index in [1.54, 1.807) is 30.3 Å². The Morgan fingerprint density at radius 3 is 2.33 bits per heavy atom. The number of amides is 1. The van der Waals surface area contributed by atoms with Gasteiger partial charge in [-0.15, -0.1) is 0 Å². The average molecular weight is 391 g/mol. The fourth-order valence-corrected chi connectivity index (χ4v) is 4.82. The maximum atomic E-state index is 13.1. The summed E-state index contributed by atoms with van der Waals surface area (Å²) in [6.45, 7) is 0. The number of nitro benzene ring substituents is 1. The Balaban J connectivity index is 2.07. The third kappa shape index (κ3) is 3.29. The molecule has 142 valence electrons. The molecule has 0 spiro atoms. The molecule has 2 aromatic carbocycles. The van der Waals surface area contributed by atoms with Crippen LogP contribution in [-0.4, -0.2) is 48.8 Å². The molecule has 2 aromatic rings. The molecule has 3 rings (SSSR count). The monoisotopic (exact) mass is 391 g/mol. The lowest BCUT2D eigenvalue weighted by molar-refractivity contribution is -0.387. The molecule has 0 aromatic heterocycles. The molecule has 1 saturated heterocycles.